The minimum absolute atomic E-state index is 0.00332. The molecular formula is C53H60F3N11O5. The molecule has 8 heterocycles. The van der Waals surface area contributed by atoms with E-state index in [9.17, 15) is 28.4 Å². The van der Waals surface area contributed by atoms with E-state index in [1.54, 1.807) is 35.8 Å². The molecule has 3 atom stereocenters. The number of piperazine rings is 1. The van der Waals surface area contributed by atoms with Gasteiger partial charge in [0.2, 0.25) is 11.8 Å². The first-order valence-corrected chi connectivity index (χ1v) is 24.8. The minimum atomic E-state index is -0.758. The van der Waals surface area contributed by atoms with Gasteiger partial charge < -0.3 is 14.8 Å². The summed E-state index contributed by atoms with van der Waals surface area (Å²) in [4.78, 5) is 77.7. The van der Waals surface area contributed by atoms with Crippen molar-refractivity contribution in [3.63, 3.8) is 0 Å². The number of hydrogen-bond acceptors (Lipinski definition) is 10. The van der Waals surface area contributed by atoms with Crippen LogP contribution >= 0.6 is 0 Å². The third kappa shape index (κ3) is 9.06. The van der Waals surface area contributed by atoms with E-state index in [-0.39, 0.29) is 53.2 Å². The van der Waals surface area contributed by atoms with E-state index in [1.807, 2.05) is 48.9 Å². The number of piperidine rings is 2. The third-order valence-corrected chi connectivity index (χ3v) is 15.6. The number of fused-ring (bicyclic) bond motifs is 2. The molecule has 4 aliphatic heterocycles. The standard InChI is InChI=1S/C53H60F3N11O5/c1-31-27-62(28-34-6-7-43-46(22-34)61(5)53(72)67(43)44-8-9-47(68)59-51(44)70)20-21-65(31)29-33-11-16-64(17-12-33)52(71)36-23-38(54)49(39(55)24-36)35-13-18-63(19-14-35)32(2)45-25-37-42(10-15-58-50(37)60(45)4)66-30-40(56)41(57-3)26-48(66)69/h6-7,10,13,15,22-26,30-33,44,57H,8-9,11-12,14,16-21,27-29H2,1-5H3,(H,59,68,70)/t31-,32-,44-/m0/s1. The van der Waals surface area contributed by atoms with E-state index < -0.39 is 35.0 Å². The Bertz CT molecular complexity index is 3270. The van der Waals surface area contributed by atoms with Crippen LogP contribution < -0.4 is 21.9 Å². The zero-order valence-electron chi connectivity index (χ0n) is 41.3. The molecule has 0 radical (unpaired) electrons. The van der Waals surface area contributed by atoms with Crippen LogP contribution in [0.5, 0.6) is 0 Å². The van der Waals surface area contributed by atoms with Crippen LogP contribution in [0.2, 0.25) is 0 Å². The molecule has 72 heavy (non-hydrogen) atoms. The van der Waals surface area contributed by atoms with Crippen molar-refractivity contribution in [2.75, 3.05) is 64.7 Å². The average Bonchev–Trinajstić information content (AvgIpc) is 3.83. The van der Waals surface area contributed by atoms with Gasteiger partial charge in [-0.15, -0.1) is 0 Å². The van der Waals surface area contributed by atoms with Crippen LogP contribution in [0.1, 0.15) is 85.2 Å². The number of benzene rings is 2. The van der Waals surface area contributed by atoms with Crippen LogP contribution in [-0.2, 0) is 30.2 Å². The second-order valence-electron chi connectivity index (χ2n) is 20.0. The number of aryl methyl sites for hydroxylation is 2. The molecule has 0 spiro atoms. The van der Waals surface area contributed by atoms with Crippen LogP contribution in [0.3, 0.4) is 0 Å². The maximum absolute atomic E-state index is 15.9. The highest BCUT2D eigenvalue weighted by Gasteiger charge is 2.34. The Kier molecular flexibility index (Phi) is 13.3. The highest BCUT2D eigenvalue weighted by molar-refractivity contribution is 6.00. The highest BCUT2D eigenvalue weighted by atomic mass is 19.1. The number of imidazole rings is 1. The second-order valence-corrected chi connectivity index (χ2v) is 20.0. The number of halogens is 3. The Morgan fingerprint density at radius 1 is 0.875 bits per heavy atom. The van der Waals surface area contributed by atoms with Crippen LogP contribution in [0, 0.1) is 23.4 Å². The Morgan fingerprint density at radius 2 is 1.64 bits per heavy atom. The van der Waals surface area contributed by atoms with Gasteiger partial charge in [-0.2, -0.15) is 0 Å². The smallest absolute Gasteiger partial charge is 0.329 e. The quantitative estimate of drug-likeness (QED) is 0.154. The summed E-state index contributed by atoms with van der Waals surface area (Å²) >= 11 is 0. The summed E-state index contributed by atoms with van der Waals surface area (Å²) in [5.41, 5.74) is 4.38. The van der Waals surface area contributed by atoms with Crippen LogP contribution in [-0.4, -0.2) is 126 Å². The fourth-order valence-electron chi connectivity index (χ4n) is 11.5. The number of likely N-dealkylation sites (tertiary alicyclic amines) is 1. The number of anilines is 1. The van der Waals surface area contributed by atoms with Gasteiger partial charge in [-0.1, -0.05) is 12.1 Å². The largest absolute Gasteiger partial charge is 0.386 e. The number of carbonyl (C=O) groups excluding carboxylic acids is 3. The van der Waals surface area contributed by atoms with E-state index in [0.717, 1.165) is 55.8 Å². The van der Waals surface area contributed by atoms with Crippen molar-refractivity contribution in [3.8, 4) is 5.69 Å². The predicted molar refractivity (Wildman–Crippen MR) is 268 cm³/mol. The summed E-state index contributed by atoms with van der Waals surface area (Å²) in [5.74, 6) is -2.85. The summed E-state index contributed by atoms with van der Waals surface area (Å²) in [6.07, 6.45) is 7.04. The van der Waals surface area contributed by atoms with Gasteiger partial charge in [0.25, 0.3) is 11.5 Å². The number of aromatic nitrogens is 5. The topological polar surface area (TPSA) is 155 Å². The fraction of sp³-hybridized carbons (Fsp3) is 0.434. The zero-order valence-corrected chi connectivity index (χ0v) is 41.3. The molecule has 4 aromatic heterocycles. The molecular weight excluding hydrogens is 928 g/mol. The molecule has 378 valence electrons. The van der Waals surface area contributed by atoms with Crippen molar-refractivity contribution in [2.45, 2.75) is 70.6 Å². The number of rotatable bonds is 11. The van der Waals surface area contributed by atoms with Crippen molar-refractivity contribution < 1.29 is 27.6 Å². The number of hydrogen-bond donors (Lipinski definition) is 2. The predicted octanol–water partition coefficient (Wildman–Crippen LogP) is 5.72. The number of carbonyl (C=O) groups is 3. The van der Waals surface area contributed by atoms with Gasteiger partial charge in [0, 0.05) is 133 Å². The number of imide groups is 1. The van der Waals surface area contributed by atoms with Gasteiger partial charge in [-0.25, -0.2) is 22.9 Å². The molecule has 2 N–H and O–H groups in total. The monoisotopic (exact) mass is 987 g/mol. The van der Waals surface area contributed by atoms with Crippen molar-refractivity contribution >= 4 is 51.0 Å². The van der Waals surface area contributed by atoms with Crippen LogP contribution in [0.4, 0.5) is 18.9 Å². The average molecular weight is 988 g/mol. The van der Waals surface area contributed by atoms with E-state index >= 15 is 8.78 Å². The Morgan fingerprint density at radius 3 is 2.33 bits per heavy atom. The summed E-state index contributed by atoms with van der Waals surface area (Å²) in [6, 6.07) is 12.5. The van der Waals surface area contributed by atoms with Gasteiger partial charge in [0.15, 0.2) is 5.82 Å². The van der Waals surface area contributed by atoms with Gasteiger partial charge in [0.1, 0.15) is 23.3 Å². The molecule has 3 saturated heterocycles. The Labute approximate surface area is 414 Å². The lowest BCUT2D eigenvalue weighted by molar-refractivity contribution is -0.135. The molecule has 19 heteroatoms. The fourth-order valence-corrected chi connectivity index (χ4v) is 11.5. The van der Waals surface area contributed by atoms with E-state index in [4.69, 9.17) is 0 Å². The molecule has 16 nitrogen and oxygen atoms in total. The lowest BCUT2D eigenvalue weighted by Gasteiger charge is -2.42. The maximum atomic E-state index is 15.9. The summed E-state index contributed by atoms with van der Waals surface area (Å²) in [6.45, 7) is 10.4. The second kappa shape index (κ2) is 19.6. The van der Waals surface area contributed by atoms with Crippen molar-refractivity contribution in [1.82, 2.24) is 48.2 Å². The minimum Gasteiger partial charge on any atom is -0.386 e. The van der Waals surface area contributed by atoms with E-state index in [2.05, 4.69) is 37.2 Å². The van der Waals surface area contributed by atoms with Gasteiger partial charge in [0.05, 0.1) is 28.6 Å². The molecule has 0 aliphatic carbocycles. The number of nitrogens with one attached hydrogen (secondary N) is 2. The molecule has 4 aliphatic rings. The first-order chi connectivity index (χ1) is 34.6. The Balaban J connectivity index is 0.722. The van der Waals surface area contributed by atoms with Crippen molar-refractivity contribution in [3.05, 3.63) is 128 Å². The summed E-state index contributed by atoms with van der Waals surface area (Å²) in [7, 11) is 5.14. The first-order valence-electron chi connectivity index (χ1n) is 24.8. The van der Waals surface area contributed by atoms with Gasteiger partial charge >= 0.3 is 5.69 Å². The number of amides is 3. The first kappa shape index (κ1) is 48.8. The highest BCUT2D eigenvalue weighted by Crippen LogP contribution is 2.35. The SMILES string of the molecule is CNc1cc(=O)n(-c2ccnc3c2cc([C@H](C)N2CC=C(c4c(F)cc(C(=O)N5CCC(CN6CCN(Cc7ccc8c(c7)n(C)c(=O)n8[C@H]7CCC(=O)NC7=O)C[C@@H]6C)CC5)cc4F)CC2)n3C)cc1F. The van der Waals surface area contributed by atoms with Crippen LogP contribution in [0.25, 0.3) is 33.3 Å². The summed E-state index contributed by atoms with van der Waals surface area (Å²) in [5, 5.41) is 5.74. The molecule has 0 bridgehead atoms. The third-order valence-electron chi connectivity index (χ3n) is 15.6. The summed E-state index contributed by atoms with van der Waals surface area (Å²) < 4.78 is 52.9. The Hall–Kier alpha value is -6.83. The lowest BCUT2D eigenvalue weighted by Crippen LogP contribution is -2.53. The van der Waals surface area contributed by atoms with Crippen LogP contribution in [0.15, 0.2) is 76.6 Å². The zero-order chi connectivity index (χ0) is 50.7. The number of pyridine rings is 2. The van der Waals surface area contributed by atoms with E-state index in [0.29, 0.717) is 78.9 Å². The molecule has 10 rings (SSSR count). The molecule has 3 fully saturated rings. The van der Waals surface area contributed by atoms with Crippen molar-refractivity contribution in [1.29, 1.82) is 0 Å². The normalized spacial score (nSPS) is 20.3. The van der Waals surface area contributed by atoms with E-state index in [1.165, 1.54) is 33.5 Å². The maximum Gasteiger partial charge on any atom is 0.329 e. The van der Waals surface area contributed by atoms with Gasteiger partial charge in [-0.3, -0.25) is 52.9 Å². The molecule has 0 unspecified atom stereocenters. The molecule has 0 saturated carbocycles. The van der Waals surface area contributed by atoms with Crippen molar-refractivity contribution in [2.24, 2.45) is 20.0 Å². The van der Waals surface area contributed by atoms with Gasteiger partial charge in [-0.05, 0) is 93.0 Å². The molecule has 3 amide bonds. The molecule has 2 aromatic carbocycles. The molecule has 6 aromatic rings. The number of nitrogens with zero attached hydrogens (tertiary/aromatic N) is 9. The lowest BCUT2D eigenvalue weighted by atomic mass is 9.93.